The molecule has 0 unspecified atom stereocenters. The monoisotopic (exact) mass is 414 g/mol. The minimum Gasteiger partial charge on any atom is -0.340 e. The van der Waals surface area contributed by atoms with Crippen molar-refractivity contribution in [1.82, 2.24) is 14.9 Å². The zero-order chi connectivity index (χ0) is 20.9. The van der Waals surface area contributed by atoms with E-state index in [-0.39, 0.29) is 12.5 Å². The number of aromatic nitrogens is 2. The Hall–Kier alpha value is -3.35. The predicted octanol–water partition coefficient (Wildman–Crippen LogP) is 4.46. The minimum absolute atomic E-state index is 0.0246. The molecule has 30 heavy (non-hydrogen) atoms. The zero-order valence-electron chi connectivity index (χ0n) is 16.7. The van der Waals surface area contributed by atoms with Crippen LogP contribution in [0.5, 0.6) is 0 Å². The Morgan fingerprint density at radius 3 is 2.50 bits per heavy atom. The number of rotatable bonds is 6. The molecule has 0 aliphatic rings. The number of hydrogen-bond acceptors (Lipinski definition) is 5. The van der Waals surface area contributed by atoms with Gasteiger partial charge in [-0.15, -0.1) is 11.3 Å². The first-order valence-corrected chi connectivity index (χ1v) is 10.5. The molecule has 2 heterocycles. The molecule has 4 rings (SSSR count). The highest BCUT2D eigenvalue weighted by atomic mass is 32.1. The highest BCUT2D eigenvalue weighted by molar-refractivity contribution is 7.13. The maximum atomic E-state index is 11.7. The van der Waals surface area contributed by atoms with Crippen LogP contribution in [0, 0.1) is 0 Å². The first kappa shape index (κ1) is 19.9. The summed E-state index contributed by atoms with van der Waals surface area (Å²) in [6, 6.07) is 20.5. The number of nitrogens with two attached hydrogens (primary N) is 1. The number of carbonyl (C=O) groups excluding carboxylic acids is 1. The second-order valence-corrected chi connectivity index (χ2v) is 7.87. The quantitative estimate of drug-likeness (QED) is 0.506. The third kappa shape index (κ3) is 4.45. The Morgan fingerprint density at radius 1 is 1.00 bits per heavy atom. The van der Waals surface area contributed by atoms with E-state index >= 15 is 0 Å². The van der Waals surface area contributed by atoms with Crippen molar-refractivity contribution in [3.8, 4) is 33.0 Å². The molecule has 6 heteroatoms. The van der Waals surface area contributed by atoms with Gasteiger partial charge in [0.25, 0.3) is 0 Å². The van der Waals surface area contributed by atoms with Gasteiger partial charge in [-0.1, -0.05) is 42.5 Å². The lowest BCUT2D eigenvalue weighted by molar-refractivity contribution is -0.128. The van der Waals surface area contributed by atoms with Gasteiger partial charge in [0.1, 0.15) is 5.01 Å². The second-order valence-electron chi connectivity index (χ2n) is 7.01. The number of likely N-dealkylation sites (N-methyl/N-ethyl adjacent to an activating group) is 1. The molecule has 0 saturated heterocycles. The van der Waals surface area contributed by atoms with Crippen molar-refractivity contribution in [3.05, 3.63) is 84.0 Å². The van der Waals surface area contributed by atoms with Crippen LogP contribution in [-0.4, -0.2) is 34.4 Å². The summed E-state index contributed by atoms with van der Waals surface area (Å²) in [4.78, 5) is 22.3. The fourth-order valence-corrected chi connectivity index (χ4v) is 4.05. The van der Waals surface area contributed by atoms with Crippen molar-refractivity contribution in [1.29, 1.82) is 0 Å². The smallest absolute Gasteiger partial charge is 0.236 e. The molecular weight excluding hydrogens is 392 g/mol. The molecule has 5 nitrogen and oxygen atoms in total. The number of benzene rings is 2. The summed E-state index contributed by atoms with van der Waals surface area (Å²) in [6.07, 6.45) is 3.59. The largest absolute Gasteiger partial charge is 0.340 e. The van der Waals surface area contributed by atoms with Crippen LogP contribution in [0.4, 0.5) is 0 Å². The molecule has 0 aliphatic carbocycles. The van der Waals surface area contributed by atoms with Gasteiger partial charge in [0.15, 0.2) is 0 Å². The van der Waals surface area contributed by atoms with E-state index in [2.05, 4.69) is 46.8 Å². The van der Waals surface area contributed by atoms with Gasteiger partial charge in [-0.2, -0.15) is 0 Å². The molecule has 0 aliphatic heterocycles. The molecule has 2 N–H and O–H groups in total. The maximum absolute atomic E-state index is 11.7. The van der Waals surface area contributed by atoms with Gasteiger partial charge < -0.3 is 10.6 Å². The Balaban J connectivity index is 1.52. The van der Waals surface area contributed by atoms with Crippen molar-refractivity contribution < 1.29 is 4.79 Å². The summed E-state index contributed by atoms with van der Waals surface area (Å²) >= 11 is 1.62. The first-order valence-electron chi connectivity index (χ1n) is 9.64. The Morgan fingerprint density at radius 2 is 1.77 bits per heavy atom. The average Bonchev–Trinajstić information content (AvgIpc) is 3.30. The highest BCUT2D eigenvalue weighted by Gasteiger charge is 2.09. The van der Waals surface area contributed by atoms with Gasteiger partial charge in [-0.25, -0.2) is 4.98 Å². The summed E-state index contributed by atoms with van der Waals surface area (Å²) in [5.74, 6) is -0.0707. The predicted molar refractivity (Wildman–Crippen MR) is 122 cm³/mol. The van der Waals surface area contributed by atoms with E-state index in [1.807, 2.05) is 30.5 Å². The lowest BCUT2D eigenvalue weighted by atomic mass is 10.0. The molecule has 0 saturated carbocycles. The molecule has 2 aromatic heterocycles. The van der Waals surface area contributed by atoms with Crippen LogP contribution in [0.3, 0.4) is 0 Å². The fourth-order valence-electron chi connectivity index (χ4n) is 3.23. The number of thiazole rings is 1. The van der Waals surface area contributed by atoms with E-state index in [0.29, 0.717) is 6.54 Å². The van der Waals surface area contributed by atoms with Gasteiger partial charge in [0.05, 0.1) is 12.2 Å². The van der Waals surface area contributed by atoms with Crippen molar-refractivity contribution in [2.24, 2.45) is 5.73 Å². The van der Waals surface area contributed by atoms with Crippen LogP contribution in [0.25, 0.3) is 33.0 Å². The van der Waals surface area contributed by atoms with E-state index < -0.39 is 0 Å². The molecule has 0 radical (unpaired) electrons. The van der Waals surface area contributed by atoms with Gasteiger partial charge in [0.2, 0.25) is 5.91 Å². The zero-order valence-corrected chi connectivity index (χ0v) is 17.5. The molecular formula is C24H22N4OS. The summed E-state index contributed by atoms with van der Waals surface area (Å²) in [7, 11) is 1.77. The Labute approximate surface area is 179 Å². The first-order chi connectivity index (χ1) is 14.6. The van der Waals surface area contributed by atoms with Gasteiger partial charge in [-0.3, -0.25) is 9.78 Å². The molecule has 0 spiro atoms. The molecule has 4 aromatic rings. The van der Waals surface area contributed by atoms with E-state index in [1.54, 1.807) is 29.5 Å². The molecule has 0 bridgehead atoms. The lowest BCUT2D eigenvalue weighted by Gasteiger charge is -2.16. The maximum Gasteiger partial charge on any atom is 0.236 e. The van der Waals surface area contributed by atoms with E-state index in [0.717, 1.165) is 38.5 Å². The third-order valence-corrected chi connectivity index (χ3v) is 5.77. The summed E-state index contributed by atoms with van der Waals surface area (Å²) < 4.78 is 0. The summed E-state index contributed by atoms with van der Waals surface area (Å²) in [6.45, 7) is 0.564. The van der Waals surface area contributed by atoms with Gasteiger partial charge >= 0.3 is 0 Å². The SMILES string of the molecule is CN(Cc1cccc(-c2ccc(-c3csc(-c4cccnc4)n3)cc2)c1)C(=O)CN. The highest BCUT2D eigenvalue weighted by Crippen LogP contribution is 2.30. The standard InChI is InChI=1S/C24H22N4OS/c1-28(23(29)13-25)15-17-4-2-5-20(12-17)18-7-9-19(10-8-18)22-16-30-24(27-22)21-6-3-11-26-14-21/h2-12,14,16H,13,15,25H2,1H3. The summed E-state index contributed by atoms with van der Waals surface area (Å²) in [5, 5.41) is 3.04. The number of carbonyl (C=O) groups is 1. The number of hydrogen-bond donors (Lipinski definition) is 1. The Kier molecular flexibility index (Phi) is 5.97. The lowest BCUT2D eigenvalue weighted by Crippen LogP contribution is -2.32. The summed E-state index contributed by atoms with van der Waals surface area (Å²) in [5.41, 5.74) is 11.8. The Bertz CT molecular complexity index is 1140. The molecule has 1 amide bonds. The van der Waals surface area contributed by atoms with E-state index in [4.69, 9.17) is 10.7 Å². The van der Waals surface area contributed by atoms with Crippen molar-refractivity contribution in [2.75, 3.05) is 13.6 Å². The van der Waals surface area contributed by atoms with Crippen molar-refractivity contribution in [2.45, 2.75) is 6.54 Å². The van der Waals surface area contributed by atoms with Crippen LogP contribution in [0.2, 0.25) is 0 Å². The van der Waals surface area contributed by atoms with Crippen molar-refractivity contribution in [3.63, 3.8) is 0 Å². The van der Waals surface area contributed by atoms with Crippen LogP contribution >= 0.6 is 11.3 Å². The number of amides is 1. The molecule has 0 fully saturated rings. The van der Waals surface area contributed by atoms with Crippen LogP contribution < -0.4 is 5.73 Å². The normalized spacial score (nSPS) is 10.7. The van der Waals surface area contributed by atoms with E-state index in [9.17, 15) is 4.79 Å². The molecule has 0 atom stereocenters. The van der Waals surface area contributed by atoms with Crippen molar-refractivity contribution >= 4 is 17.2 Å². The molecule has 150 valence electrons. The number of pyridine rings is 1. The second kappa shape index (κ2) is 8.98. The minimum atomic E-state index is -0.0707. The number of nitrogens with zero attached hydrogens (tertiary/aromatic N) is 3. The van der Waals surface area contributed by atoms with Gasteiger partial charge in [-0.05, 0) is 34.9 Å². The fraction of sp³-hybridized carbons (Fsp3) is 0.125. The van der Waals surface area contributed by atoms with E-state index in [1.165, 1.54) is 0 Å². The third-order valence-electron chi connectivity index (χ3n) is 4.87. The van der Waals surface area contributed by atoms with Gasteiger partial charge in [0, 0.05) is 42.5 Å². The van der Waals surface area contributed by atoms with Crippen LogP contribution in [0.15, 0.2) is 78.4 Å². The van der Waals surface area contributed by atoms with Crippen LogP contribution in [0.1, 0.15) is 5.56 Å². The topological polar surface area (TPSA) is 72.1 Å². The molecule has 2 aromatic carbocycles. The average molecular weight is 415 g/mol. The van der Waals surface area contributed by atoms with Crippen LogP contribution in [-0.2, 0) is 11.3 Å².